The summed E-state index contributed by atoms with van der Waals surface area (Å²) in [4.78, 5) is 80.7. The maximum absolute atomic E-state index is 13.9. The average Bonchev–Trinajstić information content (AvgIpc) is 4.03. The molecular weight excluding hydrogens is 1040 g/mol. The van der Waals surface area contributed by atoms with Gasteiger partial charge in [0.15, 0.2) is 11.6 Å². The highest BCUT2D eigenvalue weighted by Crippen LogP contribution is 2.46. The number of aromatic carboxylic acids is 1. The Morgan fingerprint density at radius 3 is 1.24 bits per heavy atom. The van der Waals surface area contributed by atoms with Crippen molar-refractivity contribution < 1.29 is 42.7 Å². The molecule has 0 spiro atoms. The molecule has 24 heteroatoms. The zero-order valence-electron chi connectivity index (χ0n) is 34.4. The summed E-state index contributed by atoms with van der Waals surface area (Å²) >= 11 is 38.4. The lowest BCUT2D eigenvalue weighted by molar-refractivity contribution is -0.127. The molecule has 68 heavy (non-hydrogen) atoms. The Hall–Kier alpha value is -6.41. The molecule has 2 atom stereocenters. The summed E-state index contributed by atoms with van der Waals surface area (Å²) in [5.41, 5.74) is -0.0400. The summed E-state index contributed by atoms with van der Waals surface area (Å²) in [5, 5.41) is 23.5. The van der Waals surface area contributed by atoms with Crippen LogP contribution in [0.15, 0.2) is 85.2 Å². The van der Waals surface area contributed by atoms with Gasteiger partial charge in [-0.1, -0.05) is 70.7 Å². The lowest BCUT2D eigenvalue weighted by atomic mass is 9.91. The number of hydrogen-bond acceptors (Lipinski definition) is 10. The van der Waals surface area contributed by atoms with E-state index in [0.717, 1.165) is 11.8 Å². The third-order valence-corrected chi connectivity index (χ3v) is 12.2. The quantitative estimate of drug-likeness (QED) is 0.0817. The van der Waals surface area contributed by atoms with Crippen LogP contribution in [0.3, 0.4) is 0 Å². The summed E-state index contributed by atoms with van der Waals surface area (Å²) in [7, 11) is 0. The molecule has 2 aromatic heterocycles. The first-order valence-corrected chi connectivity index (χ1v) is 21.6. The van der Waals surface area contributed by atoms with Gasteiger partial charge < -0.3 is 5.11 Å². The van der Waals surface area contributed by atoms with Crippen LogP contribution in [0, 0.1) is 34.3 Å². The van der Waals surface area contributed by atoms with Gasteiger partial charge in [0.1, 0.15) is 22.5 Å². The van der Waals surface area contributed by atoms with Gasteiger partial charge in [0.2, 0.25) is 11.9 Å². The Morgan fingerprint density at radius 1 is 0.618 bits per heavy atom. The molecule has 0 saturated carbocycles. The van der Waals surface area contributed by atoms with Crippen molar-refractivity contribution in [3.63, 3.8) is 0 Å². The van der Waals surface area contributed by atoms with Gasteiger partial charge in [-0.2, -0.15) is 10.5 Å². The number of nitriles is 2. The number of nitrogens with zero attached hydrogens (tertiary/aromatic N) is 8. The van der Waals surface area contributed by atoms with Gasteiger partial charge in [-0.25, -0.2) is 33.3 Å². The smallest absolute Gasteiger partial charge is 0.354 e. The van der Waals surface area contributed by atoms with Gasteiger partial charge in [-0.05, 0) is 108 Å². The van der Waals surface area contributed by atoms with Crippen molar-refractivity contribution in [2.75, 3.05) is 9.80 Å². The minimum Gasteiger partial charge on any atom is -0.477 e. The Kier molecular flexibility index (Phi) is 15.0. The van der Waals surface area contributed by atoms with E-state index in [4.69, 9.17) is 68.5 Å². The lowest BCUT2D eigenvalue weighted by Gasteiger charge is -2.26. The normalized spacial score (nSPS) is 16.7. The first kappa shape index (κ1) is 51.0. The minimum absolute atomic E-state index is 0.0305. The van der Waals surface area contributed by atoms with Crippen molar-refractivity contribution in [2.45, 2.75) is 37.8 Å². The number of amides is 2. The van der Waals surface area contributed by atoms with Crippen molar-refractivity contribution >= 4 is 138 Å². The highest BCUT2D eigenvalue weighted by Gasteiger charge is 2.52. The maximum Gasteiger partial charge on any atom is 0.354 e. The van der Waals surface area contributed by atoms with E-state index in [2.05, 4.69) is 33.2 Å². The summed E-state index contributed by atoms with van der Waals surface area (Å²) in [6.45, 7) is 3.24. The number of rotatable bonds is 9. The molecule has 0 radical (unpaired) electrons. The second-order valence-electron chi connectivity index (χ2n) is 14.9. The molecule has 6 aromatic rings. The Bertz CT molecular complexity index is 2930. The molecule has 2 amide bonds. The fourth-order valence-corrected chi connectivity index (χ4v) is 8.51. The van der Waals surface area contributed by atoms with Gasteiger partial charge in [0.05, 0.1) is 67.1 Å². The van der Waals surface area contributed by atoms with E-state index in [0.29, 0.717) is 16.7 Å². The van der Waals surface area contributed by atoms with Crippen LogP contribution in [0.5, 0.6) is 0 Å². The van der Waals surface area contributed by atoms with E-state index >= 15 is 0 Å². The topological polar surface area (TPSA) is 212 Å². The van der Waals surface area contributed by atoms with Gasteiger partial charge in [0, 0.05) is 12.8 Å². The second-order valence-corrected chi connectivity index (χ2v) is 17.6. The van der Waals surface area contributed by atoms with Crippen LogP contribution in [0.25, 0.3) is 0 Å². The molecule has 0 aliphatic carbocycles. The second kappa shape index (κ2) is 20.0. The minimum atomic E-state index is -1.36. The SMILES string of the molecule is C[C@@]1(Cc2ccc(C#N)cc2)C(=O)N(c2cc(Cl)c(F)c(Cl)c2)c2ncc(C(=O)Cl)n21.C[C@@]1(Cc2ccc(C#N)cc2)C(=O)N(c2cc(Cl)c(F)c(Cl)c2)c2ncc(C(=O)O)n21.O=C(Cl)C(=O)Cl. The number of anilines is 4. The number of hydrogen-bond donors (Lipinski definition) is 1. The zero-order chi connectivity index (χ0) is 50.2. The first-order valence-electron chi connectivity index (χ1n) is 18.9. The molecule has 0 fully saturated rings. The molecule has 8 rings (SSSR count). The number of carboxylic acid groups (broad SMARTS) is 1. The summed E-state index contributed by atoms with van der Waals surface area (Å²) in [6.07, 6.45) is 2.73. The van der Waals surface area contributed by atoms with Crippen LogP contribution in [-0.4, -0.2) is 57.7 Å². The number of halogens is 9. The molecular formula is C44H25Cl7F2N8O7. The van der Waals surface area contributed by atoms with Crippen molar-refractivity contribution in [1.82, 2.24) is 19.1 Å². The third kappa shape index (κ3) is 9.65. The lowest BCUT2D eigenvalue weighted by Crippen LogP contribution is -2.42. The highest BCUT2D eigenvalue weighted by molar-refractivity contribution is 6.97. The molecule has 2 aliphatic heterocycles. The summed E-state index contributed by atoms with van der Waals surface area (Å²) in [5.74, 6) is -3.62. The standard InChI is InChI=1S/C21H12Cl3FN4O2.C21H13Cl2FN4O3.C2Cl2O2/c1-21(8-11-2-4-12(9-26)5-3-11)19(31)28(13-6-14(22)17(25)15(23)7-13)20-27-10-16(18(24)30)29(20)21;1-21(8-11-2-4-12(9-25)5-3-11)19(31)27(13-6-14(22)17(24)15(23)7-13)20-26-10-16(18(29)30)28(20)21;3-1(5)2(4)6/h2-7,10H,8H2,1H3;2-7,10H,8H2,1H3,(H,29,30);/t2*21-;/m11./s1. The van der Waals surface area contributed by atoms with Gasteiger partial charge in [-0.15, -0.1) is 0 Å². The maximum atomic E-state index is 13.9. The van der Waals surface area contributed by atoms with Gasteiger partial charge in [0.25, 0.3) is 17.1 Å². The van der Waals surface area contributed by atoms with E-state index < -0.39 is 56.2 Å². The number of fused-ring (bicyclic) bond motifs is 2. The Labute approximate surface area is 418 Å². The van der Waals surface area contributed by atoms with E-state index in [-0.39, 0.29) is 67.6 Å². The molecule has 2 aliphatic rings. The zero-order valence-corrected chi connectivity index (χ0v) is 39.7. The summed E-state index contributed by atoms with van der Waals surface area (Å²) < 4.78 is 30.6. The molecule has 0 unspecified atom stereocenters. The molecule has 1 N–H and O–H groups in total. The summed E-state index contributed by atoms with van der Waals surface area (Å²) in [6, 6.07) is 22.4. The Morgan fingerprint density at radius 2 is 0.941 bits per heavy atom. The average molecular weight is 1060 g/mol. The fraction of sp³-hybridized carbons (Fsp3) is 0.136. The highest BCUT2D eigenvalue weighted by atomic mass is 35.5. The molecule has 4 aromatic carbocycles. The molecule has 15 nitrogen and oxygen atoms in total. The first-order chi connectivity index (χ1) is 32.0. The number of carbonyl (C=O) groups is 6. The third-order valence-electron chi connectivity index (χ3n) is 10.5. The van der Waals surface area contributed by atoms with Crippen LogP contribution in [0.1, 0.15) is 57.1 Å². The number of benzene rings is 4. The Balaban J connectivity index is 0.000000200. The molecule has 346 valence electrons. The van der Waals surface area contributed by atoms with Crippen molar-refractivity contribution in [1.29, 1.82) is 10.5 Å². The van der Waals surface area contributed by atoms with Crippen molar-refractivity contribution in [2.24, 2.45) is 0 Å². The number of aromatic nitrogens is 4. The van der Waals surface area contributed by atoms with E-state index in [1.807, 2.05) is 12.1 Å². The predicted octanol–water partition coefficient (Wildman–Crippen LogP) is 10.3. The van der Waals surface area contributed by atoms with Crippen LogP contribution in [0.2, 0.25) is 20.1 Å². The van der Waals surface area contributed by atoms with E-state index in [1.54, 1.807) is 62.4 Å². The molecule has 0 bridgehead atoms. The predicted molar refractivity (Wildman–Crippen MR) is 247 cm³/mol. The van der Waals surface area contributed by atoms with Crippen LogP contribution in [-0.2, 0) is 43.1 Å². The monoisotopic (exact) mass is 1060 g/mol. The van der Waals surface area contributed by atoms with Gasteiger partial charge in [-0.3, -0.25) is 33.1 Å². The number of imidazole rings is 2. The fourth-order valence-electron chi connectivity index (χ4n) is 7.42. The van der Waals surface area contributed by atoms with Crippen molar-refractivity contribution in [3.05, 3.63) is 151 Å². The van der Waals surface area contributed by atoms with E-state index in [1.165, 1.54) is 49.4 Å². The largest absolute Gasteiger partial charge is 0.477 e. The number of carboxylic acids is 1. The van der Waals surface area contributed by atoms with Crippen LogP contribution >= 0.6 is 81.2 Å². The number of carbonyl (C=O) groups excluding carboxylic acids is 5. The molecule has 4 heterocycles. The molecule has 0 saturated heterocycles. The van der Waals surface area contributed by atoms with Crippen molar-refractivity contribution in [3.8, 4) is 12.1 Å². The van der Waals surface area contributed by atoms with E-state index in [9.17, 15) is 42.7 Å². The van der Waals surface area contributed by atoms with Crippen LogP contribution < -0.4 is 9.80 Å². The van der Waals surface area contributed by atoms with Gasteiger partial charge >= 0.3 is 16.5 Å². The van der Waals surface area contributed by atoms with Crippen LogP contribution in [0.4, 0.5) is 32.1 Å².